The minimum Gasteiger partial charge on any atom is -0.379 e. The molecule has 2 aliphatic rings. The standard InChI is InChI=1S/C15H20N2O4S/c1-22(20,21)16-13-6-7-17(10-13)14(18)15(19)8-11-4-2-3-5-12(11)9-15/h2-5,13,16,19H,6-10H2,1H3. The predicted molar refractivity (Wildman–Crippen MR) is 81.8 cm³/mol. The number of aliphatic hydroxyl groups is 1. The van der Waals surface area contributed by atoms with E-state index in [4.69, 9.17) is 0 Å². The first-order valence-electron chi connectivity index (χ1n) is 7.33. The molecule has 3 rings (SSSR count). The SMILES string of the molecule is CS(=O)(=O)NC1CCN(C(=O)C2(O)Cc3ccccc3C2)C1. The molecule has 0 spiro atoms. The minimum absolute atomic E-state index is 0.272. The summed E-state index contributed by atoms with van der Waals surface area (Å²) in [5, 5.41) is 10.7. The van der Waals surface area contributed by atoms with E-state index >= 15 is 0 Å². The van der Waals surface area contributed by atoms with E-state index in [9.17, 15) is 18.3 Å². The molecule has 1 unspecified atom stereocenters. The number of hydrogen-bond acceptors (Lipinski definition) is 4. The van der Waals surface area contributed by atoms with Crippen LogP contribution in [0.15, 0.2) is 24.3 Å². The lowest BCUT2D eigenvalue weighted by Crippen LogP contribution is -2.50. The molecular weight excluding hydrogens is 304 g/mol. The zero-order valence-corrected chi connectivity index (χ0v) is 13.3. The summed E-state index contributed by atoms with van der Waals surface area (Å²) in [6, 6.07) is 7.39. The lowest BCUT2D eigenvalue weighted by Gasteiger charge is -2.27. The van der Waals surface area contributed by atoms with Crippen molar-refractivity contribution in [1.82, 2.24) is 9.62 Å². The normalized spacial score (nSPS) is 23.5. The first kappa shape index (κ1) is 15.5. The van der Waals surface area contributed by atoms with Gasteiger partial charge in [-0.15, -0.1) is 0 Å². The Morgan fingerprint density at radius 1 is 1.32 bits per heavy atom. The molecule has 1 heterocycles. The smallest absolute Gasteiger partial charge is 0.255 e. The Bertz CT molecular complexity index is 676. The topological polar surface area (TPSA) is 86.7 Å². The number of amides is 1. The van der Waals surface area contributed by atoms with Crippen LogP contribution in [0.1, 0.15) is 17.5 Å². The largest absolute Gasteiger partial charge is 0.379 e. The Balaban J connectivity index is 1.68. The maximum atomic E-state index is 12.6. The van der Waals surface area contributed by atoms with E-state index < -0.39 is 15.6 Å². The van der Waals surface area contributed by atoms with Gasteiger partial charge in [-0.25, -0.2) is 13.1 Å². The first-order valence-corrected chi connectivity index (χ1v) is 9.22. The molecule has 22 heavy (non-hydrogen) atoms. The van der Waals surface area contributed by atoms with E-state index in [1.165, 1.54) is 0 Å². The molecule has 1 aliphatic heterocycles. The third-order valence-corrected chi connectivity index (χ3v) is 5.10. The number of carbonyl (C=O) groups is 1. The van der Waals surface area contributed by atoms with E-state index in [0.717, 1.165) is 17.4 Å². The van der Waals surface area contributed by atoms with Crippen LogP contribution in [-0.2, 0) is 27.7 Å². The average Bonchev–Trinajstić information content (AvgIpc) is 2.99. The van der Waals surface area contributed by atoms with Gasteiger partial charge in [-0.3, -0.25) is 4.79 Å². The molecule has 1 saturated heterocycles. The van der Waals surface area contributed by atoms with Gasteiger partial charge in [0, 0.05) is 32.0 Å². The molecule has 1 fully saturated rings. The van der Waals surface area contributed by atoms with Crippen LogP contribution in [0, 0.1) is 0 Å². The Morgan fingerprint density at radius 2 is 1.91 bits per heavy atom. The van der Waals surface area contributed by atoms with Crippen molar-refractivity contribution < 1.29 is 18.3 Å². The highest BCUT2D eigenvalue weighted by Crippen LogP contribution is 2.32. The van der Waals surface area contributed by atoms with Gasteiger partial charge >= 0.3 is 0 Å². The van der Waals surface area contributed by atoms with Crippen LogP contribution in [-0.4, -0.2) is 55.3 Å². The fourth-order valence-electron chi connectivity index (χ4n) is 3.38. The maximum Gasteiger partial charge on any atom is 0.255 e. The lowest BCUT2D eigenvalue weighted by atomic mass is 9.98. The van der Waals surface area contributed by atoms with E-state index in [0.29, 0.717) is 32.4 Å². The summed E-state index contributed by atoms with van der Waals surface area (Å²) >= 11 is 0. The highest BCUT2D eigenvalue weighted by atomic mass is 32.2. The van der Waals surface area contributed by atoms with E-state index in [1.807, 2.05) is 24.3 Å². The number of sulfonamides is 1. The molecule has 0 saturated carbocycles. The monoisotopic (exact) mass is 324 g/mol. The van der Waals surface area contributed by atoms with Crippen molar-refractivity contribution >= 4 is 15.9 Å². The maximum absolute atomic E-state index is 12.6. The number of fused-ring (bicyclic) bond motifs is 1. The summed E-state index contributed by atoms with van der Waals surface area (Å²) in [6.07, 6.45) is 2.33. The number of rotatable bonds is 3. The summed E-state index contributed by atoms with van der Waals surface area (Å²) in [4.78, 5) is 14.2. The Kier molecular flexibility index (Phi) is 3.74. The molecule has 1 amide bonds. The second kappa shape index (κ2) is 5.33. The van der Waals surface area contributed by atoms with Gasteiger partial charge in [0.1, 0.15) is 0 Å². The van der Waals surface area contributed by atoms with Crippen molar-refractivity contribution in [1.29, 1.82) is 0 Å². The molecule has 0 bridgehead atoms. The van der Waals surface area contributed by atoms with E-state index in [2.05, 4.69) is 4.72 Å². The predicted octanol–water partition coefficient (Wildman–Crippen LogP) is -0.334. The van der Waals surface area contributed by atoms with Crippen molar-refractivity contribution in [2.75, 3.05) is 19.3 Å². The molecule has 0 aromatic heterocycles. The van der Waals surface area contributed by atoms with E-state index in [-0.39, 0.29) is 11.9 Å². The Labute approximate surface area is 130 Å². The first-order chi connectivity index (χ1) is 10.3. The third kappa shape index (κ3) is 3.02. The van der Waals surface area contributed by atoms with Gasteiger partial charge < -0.3 is 10.0 Å². The molecule has 120 valence electrons. The summed E-state index contributed by atoms with van der Waals surface area (Å²) in [5.41, 5.74) is 0.607. The van der Waals surface area contributed by atoms with Gasteiger partial charge in [-0.05, 0) is 17.5 Å². The highest BCUT2D eigenvalue weighted by Gasteiger charge is 2.45. The Hall–Kier alpha value is -1.44. The highest BCUT2D eigenvalue weighted by molar-refractivity contribution is 7.88. The van der Waals surface area contributed by atoms with Gasteiger partial charge in [0.2, 0.25) is 10.0 Å². The van der Waals surface area contributed by atoms with Crippen molar-refractivity contribution in [3.8, 4) is 0 Å². The van der Waals surface area contributed by atoms with Crippen molar-refractivity contribution in [2.45, 2.75) is 30.9 Å². The zero-order chi connectivity index (χ0) is 16.0. The second-order valence-corrected chi connectivity index (χ2v) is 8.06. The molecular formula is C15H20N2O4S. The molecule has 1 aromatic rings. The molecule has 1 atom stereocenters. The van der Waals surface area contributed by atoms with Gasteiger partial charge in [-0.2, -0.15) is 0 Å². The van der Waals surface area contributed by atoms with Gasteiger partial charge in [0.25, 0.3) is 5.91 Å². The molecule has 0 radical (unpaired) electrons. The number of hydrogen-bond donors (Lipinski definition) is 2. The number of carbonyl (C=O) groups excluding carboxylic acids is 1. The van der Waals surface area contributed by atoms with Crippen molar-refractivity contribution in [3.05, 3.63) is 35.4 Å². The van der Waals surface area contributed by atoms with Crippen molar-refractivity contribution in [2.24, 2.45) is 0 Å². The minimum atomic E-state index is -3.29. The second-order valence-electron chi connectivity index (χ2n) is 6.28. The fraction of sp³-hybridized carbons (Fsp3) is 0.533. The molecule has 6 nitrogen and oxygen atoms in total. The van der Waals surface area contributed by atoms with Crippen LogP contribution in [0.25, 0.3) is 0 Å². The van der Waals surface area contributed by atoms with Crippen molar-refractivity contribution in [3.63, 3.8) is 0 Å². The van der Waals surface area contributed by atoms with Crippen LogP contribution in [0.2, 0.25) is 0 Å². The fourth-order valence-corrected chi connectivity index (χ4v) is 4.18. The quantitative estimate of drug-likeness (QED) is 0.797. The van der Waals surface area contributed by atoms with Gasteiger partial charge in [-0.1, -0.05) is 24.3 Å². The summed E-state index contributed by atoms with van der Waals surface area (Å²) < 4.78 is 25.1. The molecule has 1 aromatic carbocycles. The lowest BCUT2D eigenvalue weighted by molar-refractivity contribution is -0.149. The molecule has 7 heteroatoms. The van der Waals surface area contributed by atoms with Crippen LogP contribution >= 0.6 is 0 Å². The van der Waals surface area contributed by atoms with Gasteiger partial charge in [0.05, 0.1) is 6.26 Å². The third-order valence-electron chi connectivity index (χ3n) is 4.34. The summed E-state index contributed by atoms with van der Waals surface area (Å²) in [5.74, 6) is -0.304. The van der Waals surface area contributed by atoms with Crippen LogP contribution < -0.4 is 4.72 Å². The van der Waals surface area contributed by atoms with Gasteiger partial charge in [0.15, 0.2) is 5.60 Å². The van der Waals surface area contributed by atoms with Crippen LogP contribution in [0.4, 0.5) is 0 Å². The number of nitrogens with one attached hydrogen (secondary N) is 1. The van der Waals surface area contributed by atoms with Crippen LogP contribution in [0.3, 0.4) is 0 Å². The number of likely N-dealkylation sites (tertiary alicyclic amines) is 1. The molecule has 2 N–H and O–H groups in total. The Morgan fingerprint density at radius 3 is 2.45 bits per heavy atom. The summed E-state index contributed by atoms with van der Waals surface area (Å²) in [6.45, 7) is 0.773. The average molecular weight is 324 g/mol. The molecule has 1 aliphatic carbocycles. The summed E-state index contributed by atoms with van der Waals surface area (Å²) in [7, 11) is -3.29. The van der Waals surface area contributed by atoms with Crippen LogP contribution in [0.5, 0.6) is 0 Å². The number of nitrogens with zero attached hydrogens (tertiary/aromatic N) is 1. The van der Waals surface area contributed by atoms with E-state index in [1.54, 1.807) is 4.90 Å². The zero-order valence-electron chi connectivity index (χ0n) is 12.4. The number of benzene rings is 1.